The lowest BCUT2D eigenvalue weighted by Crippen LogP contribution is -2.38. The van der Waals surface area contributed by atoms with Gasteiger partial charge in [-0.2, -0.15) is 5.26 Å². The van der Waals surface area contributed by atoms with Crippen molar-refractivity contribution in [1.82, 2.24) is 10.2 Å². The number of Topliss-reactive ketones (excluding diaryl/α,β-unsaturated/α-hetero) is 1. The fraction of sp³-hybridized carbons (Fsp3) is 0.238. The summed E-state index contributed by atoms with van der Waals surface area (Å²) in [4.78, 5) is 14.9. The Morgan fingerprint density at radius 1 is 1.40 bits per heavy atom. The first-order valence-corrected chi connectivity index (χ1v) is 11.9. The maximum absolute atomic E-state index is 13.1. The Balaban J connectivity index is 1.89. The number of rotatable bonds is 5. The standard InChI is InChI=1S/C21H18BrN5OS2/c1-2-10-29-21-26-25-20(30-21)27-15-8-5-9-16(28)18(15)17(13(11-23)19(27)24)12-6-3-4-7-14(12)22/h2-4,6-7,17H,1,5,8-10,24H2. The van der Waals surface area contributed by atoms with Crippen molar-refractivity contribution in [3.05, 3.63) is 69.6 Å². The zero-order valence-electron chi connectivity index (χ0n) is 16.0. The van der Waals surface area contributed by atoms with E-state index in [1.54, 1.807) is 11.0 Å². The van der Waals surface area contributed by atoms with Crippen molar-refractivity contribution in [1.29, 1.82) is 5.26 Å². The van der Waals surface area contributed by atoms with Gasteiger partial charge in [-0.3, -0.25) is 9.69 Å². The molecule has 0 saturated heterocycles. The van der Waals surface area contributed by atoms with E-state index in [0.29, 0.717) is 34.9 Å². The summed E-state index contributed by atoms with van der Waals surface area (Å²) in [7, 11) is 0. The minimum Gasteiger partial charge on any atom is -0.384 e. The minimum atomic E-state index is -0.493. The molecule has 1 unspecified atom stereocenters. The average molecular weight is 500 g/mol. The molecule has 4 rings (SSSR count). The van der Waals surface area contributed by atoms with Gasteiger partial charge in [0.1, 0.15) is 5.82 Å². The summed E-state index contributed by atoms with van der Waals surface area (Å²) in [6.07, 6.45) is 3.69. The molecule has 1 aromatic heterocycles. The van der Waals surface area contributed by atoms with E-state index in [9.17, 15) is 10.1 Å². The maximum atomic E-state index is 13.1. The second-order valence-electron chi connectivity index (χ2n) is 6.79. The highest BCUT2D eigenvalue weighted by Crippen LogP contribution is 2.48. The van der Waals surface area contributed by atoms with Gasteiger partial charge in [-0.05, 0) is 24.5 Å². The number of anilines is 1. The number of nitrogens with two attached hydrogens (primary N) is 1. The molecule has 30 heavy (non-hydrogen) atoms. The third-order valence-corrected chi connectivity index (χ3v) is 7.80. The van der Waals surface area contributed by atoms with Crippen LogP contribution in [-0.2, 0) is 4.79 Å². The maximum Gasteiger partial charge on any atom is 0.219 e. The van der Waals surface area contributed by atoms with Crippen molar-refractivity contribution in [2.45, 2.75) is 29.5 Å². The molecule has 2 heterocycles. The second kappa shape index (κ2) is 8.76. The average Bonchev–Trinajstić information content (AvgIpc) is 3.20. The van der Waals surface area contributed by atoms with Gasteiger partial charge in [-0.15, -0.1) is 16.8 Å². The number of carbonyl (C=O) groups is 1. The van der Waals surface area contributed by atoms with E-state index >= 15 is 0 Å². The first-order chi connectivity index (χ1) is 14.6. The van der Waals surface area contributed by atoms with Crippen molar-refractivity contribution in [2.24, 2.45) is 5.73 Å². The molecule has 6 nitrogen and oxygen atoms in total. The Morgan fingerprint density at radius 2 is 2.20 bits per heavy atom. The monoisotopic (exact) mass is 499 g/mol. The molecule has 0 bridgehead atoms. The van der Waals surface area contributed by atoms with Gasteiger partial charge in [0.05, 0.1) is 17.6 Å². The Bertz CT molecular complexity index is 1130. The van der Waals surface area contributed by atoms with E-state index in [2.05, 4.69) is 38.8 Å². The number of nitriles is 1. The number of hydrogen-bond acceptors (Lipinski definition) is 8. The van der Waals surface area contributed by atoms with E-state index in [-0.39, 0.29) is 5.78 Å². The molecular weight excluding hydrogens is 482 g/mol. The molecule has 0 spiro atoms. The number of hydrogen-bond donors (Lipinski definition) is 1. The zero-order chi connectivity index (χ0) is 21.3. The van der Waals surface area contributed by atoms with E-state index in [4.69, 9.17) is 5.73 Å². The van der Waals surface area contributed by atoms with Crippen molar-refractivity contribution in [2.75, 3.05) is 10.7 Å². The van der Waals surface area contributed by atoms with Gasteiger partial charge in [0.25, 0.3) is 0 Å². The van der Waals surface area contributed by atoms with Crippen LogP contribution in [0.25, 0.3) is 0 Å². The summed E-state index contributed by atoms with van der Waals surface area (Å²) >= 11 is 6.51. The number of allylic oxidation sites excluding steroid dienone is 3. The Hall–Kier alpha value is -2.41. The topological polar surface area (TPSA) is 95.9 Å². The zero-order valence-corrected chi connectivity index (χ0v) is 19.2. The van der Waals surface area contributed by atoms with Gasteiger partial charge >= 0.3 is 0 Å². The van der Waals surface area contributed by atoms with Crippen LogP contribution in [0.4, 0.5) is 5.13 Å². The van der Waals surface area contributed by atoms with Crippen molar-refractivity contribution >= 4 is 49.9 Å². The number of nitrogens with zero attached hydrogens (tertiary/aromatic N) is 4. The third-order valence-electron chi connectivity index (χ3n) is 5.04. The van der Waals surface area contributed by atoms with Gasteiger partial charge in [0, 0.05) is 27.9 Å². The molecule has 1 aromatic carbocycles. The smallest absolute Gasteiger partial charge is 0.219 e. The van der Waals surface area contributed by atoms with Crippen molar-refractivity contribution < 1.29 is 4.79 Å². The van der Waals surface area contributed by atoms with Crippen LogP contribution in [0.3, 0.4) is 0 Å². The normalized spacial score (nSPS) is 19.0. The Morgan fingerprint density at radius 3 is 2.93 bits per heavy atom. The highest BCUT2D eigenvalue weighted by molar-refractivity contribution is 9.10. The molecule has 1 aliphatic heterocycles. The fourth-order valence-corrected chi connectivity index (χ4v) is 5.96. The first kappa shape index (κ1) is 20.8. The quantitative estimate of drug-likeness (QED) is 0.462. The lowest BCUT2D eigenvalue weighted by Gasteiger charge is -2.38. The summed E-state index contributed by atoms with van der Waals surface area (Å²) in [5, 5.41) is 19.1. The number of halogens is 1. The molecule has 0 radical (unpaired) electrons. The number of thioether (sulfide) groups is 1. The lowest BCUT2D eigenvalue weighted by molar-refractivity contribution is -0.116. The molecule has 0 saturated carbocycles. The summed E-state index contributed by atoms with van der Waals surface area (Å²) in [6.45, 7) is 3.72. The molecule has 1 atom stereocenters. The van der Waals surface area contributed by atoms with Crippen LogP contribution in [0.5, 0.6) is 0 Å². The predicted molar refractivity (Wildman–Crippen MR) is 123 cm³/mol. The van der Waals surface area contributed by atoms with Crippen LogP contribution in [0.1, 0.15) is 30.7 Å². The molecular formula is C21H18BrN5OS2. The van der Waals surface area contributed by atoms with Crippen LogP contribution in [-0.4, -0.2) is 21.7 Å². The summed E-state index contributed by atoms with van der Waals surface area (Å²) in [6, 6.07) is 9.91. The summed E-state index contributed by atoms with van der Waals surface area (Å²) in [5.41, 5.74) is 9.21. The molecule has 2 aliphatic rings. The summed E-state index contributed by atoms with van der Waals surface area (Å²) < 4.78 is 1.63. The molecule has 152 valence electrons. The van der Waals surface area contributed by atoms with E-state index in [1.165, 1.54) is 23.1 Å². The lowest BCUT2D eigenvalue weighted by atomic mass is 9.76. The number of benzene rings is 1. The highest BCUT2D eigenvalue weighted by atomic mass is 79.9. The molecule has 0 amide bonds. The fourth-order valence-electron chi connectivity index (χ4n) is 3.81. The molecule has 2 aromatic rings. The van der Waals surface area contributed by atoms with Gasteiger partial charge in [-0.1, -0.05) is 63.3 Å². The van der Waals surface area contributed by atoms with Gasteiger partial charge in [-0.25, -0.2) is 0 Å². The highest BCUT2D eigenvalue weighted by Gasteiger charge is 2.41. The second-order valence-corrected chi connectivity index (χ2v) is 9.87. The first-order valence-electron chi connectivity index (χ1n) is 9.34. The van der Waals surface area contributed by atoms with E-state index in [1.807, 2.05) is 24.3 Å². The summed E-state index contributed by atoms with van der Waals surface area (Å²) in [5.74, 6) is 0.586. The number of carbonyl (C=O) groups excluding carboxylic acids is 1. The Kier molecular flexibility index (Phi) is 6.09. The molecule has 1 aliphatic carbocycles. The van der Waals surface area contributed by atoms with Crippen LogP contribution in [0.15, 0.2) is 68.4 Å². The van der Waals surface area contributed by atoms with Crippen molar-refractivity contribution in [3.63, 3.8) is 0 Å². The van der Waals surface area contributed by atoms with E-state index < -0.39 is 5.92 Å². The Labute approximate surface area is 191 Å². The predicted octanol–water partition coefficient (Wildman–Crippen LogP) is 4.88. The van der Waals surface area contributed by atoms with Crippen LogP contribution >= 0.6 is 39.0 Å². The number of ketones is 1. The SMILES string of the molecule is C=CCSc1nnc(N2C(N)=C(C#N)C(c3ccccc3Br)C3=C2CCCC3=O)s1. The van der Waals surface area contributed by atoms with Crippen LogP contribution in [0, 0.1) is 11.3 Å². The van der Waals surface area contributed by atoms with Gasteiger partial charge < -0.3 is 5.73 Å². The van der Waals surface area contributed by atoms with Crippen LogP contribution < -0.4 is 10.6 Å². The van der Waals surface area contributed by atoms with Crippen molar-refractivity contribution in [3.8, 4) is 6.07 Å². The van der Waals surface area contributed by atoms with E-state index in [0.717, 1.165) is 32.2 Å². The third kappa shape index (κ3) is 3.60. The minimum absolute atomic E-state index is 0.0491. The largest absolute Gasteiger partial charge is 0.384 e. The molecule has 2 N–H and O–H groups in total. The van der Waals surface area contributed by atoms with Gasteiger partial charge in [0.2, 0.25) is 5.13 Å². The molecule has 9 heteroatoms. The van der Waals surface area contributed by atoms with Gasteiger partial charge in [0.15, 0.2) is 10.1 Å². The molecule has 0 fully saturated rings. The van der Waals surface area contributed by atoms with Crippen LogP contribution in [0.2, 0.25) is 0 Å². The number of aromatic nitrogens is 2.